The van der Waals surface area contributed by atoms with Gasteiger partial charge in [0.25, 0.3) is 0 Å². The minimum Gasteiger partial charge on any atom is -0.490 e. The van der Waals surface area contributed by atoms with Crippen LogP contribution in [-0.2, 0) is 6.54 Å². The molecule has 27 heavy (non-hydrogen) atoms. The molecule has 0 amide bonds. The summed E-state index contributed by atoms with van der Waals surface area (Å²) in [4.78, 5) is 1.10. The molecule has 0 saturated carbocycles. The van der Waals surface area contributed by atoms with E-state index in [9.17, 15) is 5.11 Å². The van der Waals surface area contributed by atoms with Gasteiger partial charge in [-0.3, -0.25) is 0 Å². The van der Waals surface area contributed by atoms with Crippen molar-refractivity contribution in [2.24, 2.45) is 0 Å². The lowest BCUT2D eigenvalue weighted by Crippen LogP contribution is -2.21. The maximum atomic E-state index is 10.4. The zero-order valence-electron chi connectivity index (χ0n) is 16.1. The highest BCUT2D eigenvalue weighted by Gasteiger charge is 2.16. The number of aliphatic hydroxyl groups excluding tert-OH is 1. The van der Waals surface area contributed by atoms with Crippen molar-refractivity contribution in [1.29, 1.82) is 0 Å². The summed E-state index contributed by atoms with van der Waals surface area (Å²) in [5.41, 5.74) is 3.40. The quantitative estimate of drug-likeness (QED) is 0.562. The predicted molar refractivity (Wildman–Crippen MR) is 112 cm³/mol. The van der Waals surface area contributed by atoms with Crippen molar-refractivity contribution >= 4 is 23.1 Å². The largest absolute Gasteiger partial charge is 0.490 e. The number of hydrogen-bond donors (Lipinski definition) is 1. The van der Waals surface area contributed by atoms with Crippen LogP contribution in [0.3, 0.4) is 0 Å². The van der Waals surface area contributed by atoms with Crippen molar-refractivity contribution in [3.63, 3.8) is 0 Å². The van der Waals surface area contributed by atoms with Crippen molar-refractivity contribution in [2.75, 3.05) is 12.4 Å². The molecule has 0 bridgehead atoms. The molecule has 1 atom stereocenters. The molecule has 0 saturated heterocycles. The molecular weight excluding hydrogens is 378 g/mol. The Morgan fingerprint density at radius 2 is 1.96 bits per heavy atom. The van der Waals surface area contributed by atoms with Crippen LogP contribution in [0, 0.1) is 20.8 Å². The number of aliphatic hydroxyl groups is 1. The average Bonchev–Trinajstić information content (AvgIpc) is 3.32. The fourth-order valence-corrected chi connectivity index (χ4v) is 4.44. The average molecular weight is 404 g/mol. The van der Waals surface area contributed by atoms with Gasteiger partial charge in [0.1, 0.15) is 12.4 Å². The first kappa shape index (κ1) is 19.9. The van der Waals surface area contributed by atoms with E-state index >= 15 is 0 Å². The smallest absolute Gasteiger partial charge is 0.191 e. The predicted octanol–water partition coefficient (Wildman–Crippen LogP) is 4.48. The number of hydrogen-bond acceptors (Lipinski definition) is 6. The van der Waals surface area contributed by atoms with Crippen molar-refractivity contribution in [3.05, 3.63) is 46.3 Å². The Balaban J connectivity index is 1.60. The SMILES string of the molecule is CCn1c(SC[C@H](O)COc2c(C)ccc(C)c2C)nnc1-c1cccs1. The summed E-state index contributed by atoms with van der Waals surface area (Å²) < 4.78 is 8.00. The summed E-state index contributed by atoms with van der Waals surface area (Å²) >= 11 is 3.16. The Kier molecular flexibility index (Phi) is 6.57. The Labute approximate surface area is 168 Å². The summed E-state index contributed by atoms with van der Waals surface area (Å²) in [6.07, 6.45) is -0.582. The van der Waals surface area contributed by atoms with Crippen molar-refractivity contribution in [2.45, 2.75) is 45.5 Å². The van der Waals surface area contributed by atoms with Gasteiger partial charge >= 0.3 is 0 Å². The lowest BCUT2D eigenvalue weighted by molar-refractivity contribution is 0.125. The number of benzene rings is 1. The monoisotopic (exact) mass is 403 g/mol. The number of ether oxygens (including phenoxy) is 1. The molecule has 0 unspecified atom stereocenters. The van der Waals surface area contributed by atoms with Crippen LogP contribution in [0.1, 0.15) is 23.6 Å². The molecule has 3 aromatic rings. The zero-order chi connectivity index (χ0) is 19.4. The number of aryl methyl sites for hydroxylation is 2. The van der Waals surface area contributed by atoms with E-state index in [0.717, 1.165) is 39.3 Å². The summed E-state index contributed by atoms with van der Waals surface area (Å²) in [6, 6.07) is 8.20. The van der Waals surface area contributed by atoms with E-state index in [0.29, 0.717) is 5.75 Å². The van der Waals surface area contributed by atoms with Gasteiger partial charge < -0.3 is 14.4 Å². The molecular formula is C20H25N3O2S2. The second kappa shape index (κ2) is 8.91. The Morgan fingerprint density at radius 1 is 1.19 bits per heavy atom. The first-order valence-electron chi connectivity index (χ1n) is 8.98. The molecule has 0 spiro atoms. The number of nitrogens with zero attached hydrogens (tertiary/aromatic N) is 3. The first-order chi connectivity index (χ1) is 13.0. The molecule has 3 rings (SSSR count). The van der Waals surface area contributed by atoms with Crippen LogP contribution in [0.15, 0.2) is 34.8 Å². The van der Waals surface area contributed by atoms with E-state index in [1.54, 1.807) is 11.3 Å². The third kappa shape index (κ3) is 4.54. The Hall–Kier alpha value is -1.83. The zero-order valence-corrected chi connectivity index (χ0v) is 17.7. The topological polar surface area (TPSA) is 60.2 Å². The van der Waals surface area contributed by atoms with Gasteiger partial charge in [-0.1, -0.05) is 30.0 Å². The van der Waals surface area contributed by atoms with Gasteiger partial charge in [0.15, 0.2) is 11.0 Å². The van der Waals surface area contributed by atoms with Crippen LogP contribution >= 0.6 is 23.1 Å². The minimum absolute atomic E-state index is 0.260. The lowest BCUT2D eigenvalue weighted by Gasteiger charge is -2.16. The van der Waals surface area contributed by atoms with E-state index in [2.05, 4.69) is 47.7 Å². The normalized spacial score (nSPS) is 12.3. The number of aromatic nitrogens is 3. The minimum atomic E-state index is -0.582. The number of rotatable bonds is 8. The van der Waals surface area contributed by atoms with Crippen LogP contribution in [0.25, 0.3) is 10.7 Å². The highest BCUT2D eigenvalue weighted by molar-refractivity contribution is 7.99. The van der Waals surface area contributed by atoms with Gasteiger partial charge in [-0.05, 0) is 55.8 Å². The van der Waals surface area contributed by atoms with Crippen LogP contribution in [-0.4, -0.2) is 38.3 Å². The standard InChI is InChI=1S/C20H25N3O2S2/c1-5-23-19(17-7-6-10-26-17)21-22-20(23)27-12-16(24)11-25-18-14(3)9-8-13(2)15(18)4/h6-10,16,24H,5,11-12H2,1-4H3/t16-/m1/s1. The molecule has 2 heterocycles. The lowest BCUT2D eigenvalue weighted by atomic mass is 10.1. The first-order valence-corrected chi connectivity index (χ1v) is 10.8. The van der Waals surface area contributed by atoms with E-state index in [4.69, 9.17) is 4.74 Å². The maximum Gasteiger partial charge on any atom is 0.191 e. The molecule has 2 aromatic heterocycles. The van der Waals surface area contributed by atoms with Crippen molar-refractivity contribution in [3.8, 4) is 16.5 Å². The second-order valence-corrected chi connectivity index (χ2v) is 8.39. The summed E-state index contributed by atoms with van der Waals surface area (Å²) in [5, 5.41) is 21.9. The molecule has 7 heteroatoms. The Bertz CT molecular complexity index is 891. The molecule has 1 aromatic carbocycles. The van der Waals surface area contributed by atoms with Crippen LogP contribution < -0.4 is 4.74 Å². The van der Waals surface area contributed by atoms with Crippen LogP contribution in [0.2, 0.25) is 0 Å². The van der Waals surface area contributed by atoms with Gasteiger partial charge in [0.2, 0.25) is 0 Å². The number of thioether (sulfide) groups is 1. The fraction of sp³-hybridized carbons (Fsp3) is 0.400. The molecule has 0 aliphatic carbocycles. The van der Waals surface area contributed by atoms with E-state index in [1.807, 2.05) is 24.4 Å². The molecule has 5 nitrogen and oxygen atoms in total. The molecule has 144 valence electrons. The van der Waals surface area contributed by atoms with Gasteiger partial charge in [-0.2, -0.15) is 0 Å². The molecule has 0 aliphatic rings. The molecule has 0 fully saturated rings. The second-order valence-electron chi connectivity index (χ2n) is 6.46. The van der Waals surface area contributed by atoms with E-state index < -0.39 is 6.10 Å². The molecule has 0 radical (unpaired) electrons. The molecule has 1 N–H and O–H groups in total. The fourth-order valence-electron chi connectivity index (χ4n) is 2.81. The Morgan fingerprint density at radius 3 is 2.67 bits per heavy atom. The van der Waals surface area contributed by atoms with Gasteiger partial charge in [-0.15, -0.1) is 21.5 Å². The third-order valence-electron chi connectivity index (χ3n) is 4.47. The number of thiophene rings is 1. The van der Waals surface area contributed by atoms with Gasteiger partial charge in [0, 0.05) is 12.3 Å². The molecule has 0 aliphatic heterocycles. The van der Waals surface area contributed by atoms with Crippen LogP contribution in [0.4, 0.5) is 0 Å². The highest BCUT2D eigenvalue weighted by atomic mass is 32.2. The van der Waals surface area contributed by atoms with Crippen molar-refractivity contribution < 1.29 is 9.84 Å². The summed E-state index contributed by atoms with van der Waals surface area (Å²) in [5.74, 6) is 2.26. The third-order valence-corrected chi connectivity index (χ3v) is 6.45. The highest BCUT2D eigenvalue weighted by Crippen LogP contribution is 2.28. The van der Waals surface area contributed by atoms with E-state index in [1.165, 1.54) is 17.3 Å². The van der Waals surface area contributed by atoms with Crippen LogP contribution in [0.5, 0.6) is 5.75 Å². The summed E-state index contributed by atoms with van der Waals surface area (Å²) in [7, 11) is 0. The van der Waals surface area contributed by atoms with E-state index in [-0.39, 0.29) is 6.61 Å². The van der Waals surface area contributed by atoms with Gasteiger partial charge in [-0.25, -0.2) is 0 Å². The van der Waals surface area contributed by atoms with Crippen molar-refractivity contribution in [1.82, 2.24) is 14.8 Å². The van der Waals surface area contributed by atoms with Gasteiger partial charge in [0.05, 0.1) is 11.0 Å². The summed E-state index contributed by atoms with van der Waals surface area (Å²) in [6.45, 7) is 9.27. The maximum absolute atomic E-state index is 10.4.